The van der Waals surface area contributed by atoms with Crippen LogP contribution in [0.5, 0.6) is 0 Å². The Kier molecular flexibility index (Phi) is 3.10. The van der Waals surface area contributed by atoms with E-state index in [0.717, 1.165) is 15.8 Å². The third-order valence-corrected chi connectivity index (χ3v) is 4.46. The molecular weight excluding hydrogens is 277 g/mol. The van der Waals surface area contributed by atoms with Gasteiger partial charge in [-0.05, 0) is 32.0 Å². The smallest absolute Gasteiger partial charge is 0.128 e. The molecule has 1 aromatic rings. The molecule has 0 spiro atoms. The van der Waals surface area contributed by atoms with E-state index < -0.39 is 0 Å². The van der Waals surface area contributed by atoms with E-state index in [1.165, 1.54) is 6.07 Å². The van der Waals surface area contributed by atoms with Crippen molar-refractivity contribution in [3.05, 3.63) is 34.1 Å². The van der Waals surface area contributed by atoms with Gasteiger partial charge in [-0.1, -0.05) is 15.9 Å². The Morgan fingerprint density at radius 2 is 2.27 bits per heavy atom. The largest absolute Gasteiger partial charge is 0.296 e. The van der Waals surface area contributed by atoms with Gasteiger partial charge < -0.3 is 0 Å². The molecule has 1 fully saturated rings. The molecule has 4 heteroatoms. The number of hydrogen-bond acceptors (Lipinski definition) is 2. The van der Waals surface area contributed by atoms with E-state index in [-0.39, 0.29) is 16.7 Å². The molecule has 1 aromatic carbocycles. The fourth-order valence-corrected chi connectivity index (χ4v) is 3.42. The summed E-state index contributed by atoms with van der Waals surface area (Å²) < 4.78 is 14.5. The molecule has 0 radical (unpaired) electrons. The maximum absolute atomic E-state index is 13.6. The lowest BCUT2D eigenvalue weighted by molar-refractivity contribution is 0.445. The Hall–Kier alpha value is -0.0600. The molecule has 1 nitrogen and oxygen atoms in total. The van der Waals surface area contributed by atoms with Crippen LogP contribution >= 0.6 is 27.7 Å². The van der Waals surface area contributed by atoms with Crippen LogP contribution in [-0.2, 0) is 0 Å². The van der Waals surface area contributed by atoms with Crippen molar-refractivity contribution in [1.82, 2.24) is 5.32 Å². The maximum atomic E-state index is 13.6. The lowest BCUT2D eigenvalue weighted by Crippen LogP contribution is -2.36. The van der Waals surface area contributed by atoms with E-state index in [4.69, 9.17) is 0 Å². The summed E-state index contributed by atoms with van der Waals surface area (Å²) in [5, 5.41) is 3.48. The number of benzene rings is 1. The molecule has 1 N–H and O–H groups in total. The van der Waals surface area contributed by atoms with E-state index in [2.05, 4.69) is 35.1 Å². The summed E-state index contributed by atoms with van der Waals surface area (Å²) in [6.07, 6.45) is 0. The van der Waals surface area contributed by atoms with E-state index in [1.807, 2.05) is 6.07 Å². The van der Waals surface area contributed by atoms with E-state index in [1.54, 1.807) is 17.8 Å². The highest BCUT2D eigenvalue weighted by molar-refractivity contribution is 9.10. The molecule has 0 aliphatic carbocycles. The van der Waals surface area contributed by atoms with Crippen molar-refractivity contribution in [2.45, 2.75) is 24.8 Å². The summed E-state index contributed by atoms with van der Waals surface area (Å²) in [6, 6.07) is 5.08. The van der Waals surface area contributed by atoms with Gasteiger partial charge in [0.15, 0.2) is 0 Å². The third-order valence-electron chi connectivity index (χ3n) is 2.37. The monoisotopic (exact) mass is 289 g/mol. The van der Waals surface area contributed by atoms with Crippen molar-refractivity contribution >= 4 is 27.7 Å². The minimum Gasteiger partial charge on any atom is -0.296 e. The van der Waals surface area contributed by atoms with Gasteiger partial charge in [0.2, 0.25) is 0 Å². The van der Waals surface area contributed by atoms with Crippen molar-refractivity contribution in [1.29, 1.82) is 0 Å². The highest BCUT2D eigenvalue weighted by Gasteiger charge is 2.32. The molecule has 1 aliphatic heterocycles. The first-order chi connectivity index (χ1) is 6.98. The Labute approximate surface area is 102 Å². The molecule has 1 atom stereocenters. The summed E-state index contributed by atoms with van der Waals surface area (Å²) in [6.45, 7) is 4.27. The van der Waals surface area contributed by atoms with Gasteiger partial charge in [0.25, 0.3) is 0 Å². The average molecular weight is 290 g/mol. The van der Waals surface area contributed by atoms with Gasteiger partial charge in [-0.3, -0.25) is 5.32 Å². The third kappa shape index (κ3) is 2.55. The Bertz CT molecular complexity index is 381. The molecule has 1 heterocycles. The lowest BCUT2D eigenvalue weighted by Gasteiger charge is -2.19. The molecule has 1 saturated heterocycles. The van der Waals surface area contributed by atoms with Gasteiger partial charge in [-0.25, -0.2) is 4.39 Å². The number of halogens is 2. The summed E-state index contributed by atoms with van der Waals surface area (Å²) in [5.41, 5.74) is 0.823. The maximum Gasteiger partial charge on any atom is 0.128 e. The summed E-state index contributed by atoms with van der Waals surface area (Å²) in [5.74, 6) is 0.866. The number of thioether (sulfide) groups is 1. The zero-order valence-electron chi connectivity index (χ0n) is 8.68. The molecule has 15 heavy (non-hydrogen) atoms. The molecule has 2 rings (SSSR count). The van der Waals surface area contributed by atoms with E-state index in [9.17, 15) is 4.39 Å². The van der Waals surface area contributed by atoms with Crippen molar-refractivity contribution in [2.75, 3.05) is 5.75 Å². The zero-order chi connectivity index (χ0) is 11.1. The molecule has 0 bridgehead atoms. The topological polar surface area (TPSA) is 12.0 Å². The average Bonchev–Trinajstić information content (AvgIpc) is 2.50. The molecular formula is C11H13BrFNS. The molecule has 0 saturated carbocycles. The van der Waals surface area contributed by atoms with E-state index >= 15 is 0 Å². The summed E-state index contributed by atoms with van der Waals surface area (Å²) >= 11 is 5.12. The van der Waals surface area contributed by atoms with Crippen molar-refractivity contribution in [3.63, 3.8) is 0 Å². The number of nitrogens with one attached hydrogen (secondary N) is 1. The second kappa shape index (κ2) is 4.07. The fraction of sp³-hybridized carbons (Fsp3) is 0.455. The normalized spacial score (nSPS) is 24.4. The minimum absolute atomic E-state index is 0.0671. The first-order valence-corrected chi connectivity index (χ1v) is 6.66. The highest BCUT2D eigenvalue weighted by atomic mass is 79.9. The first kappa shape index (κ1) is 11.4. The van der Waals surface area contributed by atoms with Crippen LogP contribution in [-0.4, -0.2) is 11.3 Å². The predicted molar refractivity (Wildman–Crippen MR) is 66.5 cm³/mol. The van der Waals surface area contributed by atoms with Gasteiger partial charge >= 0.3 is 0 Å². The molecule has 1 aliphatic rings. The van der Waals surface area contributed by atoms with Gasteiger partial charge in [0, 0.05) is 21.3 Å². The Morgan fingerprint density at radius 1 is 1.53 bits per heavy atom. The highest BCUT2D eigenvalue weighted by Crippen LogP contribution is 2.38. The predicted octanol–water partition coefficient (Wildman–Crippen LogP) is 3.70. The van der Waals surface area contributed by atoms with Crippen LogP contribution in [0.2, 0.25) is 0 Å². The van der Waals surface area contributed by atoms with Crippen LogP contribution in [0.25, 0.3) is 0 Å². The van der Waals surface area contributed by atoms with Gasteiger partial charge in [-0.2, -0.15) is 0 Å². The first-order valence-electron chi connectivity index (χ1n) is 4.82. The van der Waals surface area contributed by atoms with Crippen molar-refractivity contribution < 1.29 is 4.39 Å². The minimum atomic E-state index is -0.138. The standard InChI is InChI=1S/C11H13BrFNS/c1-11(2)6-15-10(14-11)8-5-7(12)3-4-9(8)13/h3-5,10,14H,6H2,1-2H3. The van der Waals surface area contributed by atoms with Crippen LogP contribution in [0.1, 0.15) is 24.8 Å². The zero-order valence-corrected chi connectivity index (χ0v) is 11.1. The quantitative estimate of drug-likeness (QED) is 0.846. The van der Waals surface area contributed by atoms with Crippen LogP contribution in [0.15, 0.2) is 22.7 Å². The molecule has 82 valence electrons. The number of rotatable bonds is 1. The van der Waals surface area contributed by atoms with Gasteiger partial charge in [0.1, 0.15) is 5.82 Å². The lowest BCUT2D eigenvalue weighted by atomic mass is 10.1. The van der Waals surface area contributed by atoms with Crippen molar-refractivity contribution in [2.24, 2.45) is 0 Å². The van der Waals surface area contributed by atoms with Crippen LogP contribution < -0.4 is 5.32 Å². The Morgan fingerprint density at radius 3 is 2.87 bits per heavy atom. The fourth-order valence-electron chi connectivity index (χ4n) is 1.61. The van der Waals surface area contributed by atoms with Crippen LogP contribution in [0.4, 0.5) is 4.39 Å². The summed E-state index contributed by atoms with van der Waals surface area (Å²) in [7, 11) is 0. The SMILES string of the molecule is CC1(C)CSC(c2cc(Br)ccc2F)N1. The molecule has 0 amide bonds. The van der Waals surface area contributed by atoms with Crippen molar-refractivity contribution in [3.8, 4) is 0 Å². The van der Waals surface area contributed by atoms with Gasteiger partial charge in [0.05, 0.1) is 5.37 Å². The second-order valence-corrected chi connectivity index (χ2v) is 6.39. The number of hydrogen-bond donors (Lipinski definition) is 1. The Balaban J connectivity index is 2.27. The summed E-state index contributed by atoms with van der Waals surface area (Å²) in [4.78, 5) is 0. The van der Waals surface area contributed by atoms with Gasteiger partial charge in [-0.15, -0.1) is 11.8 Å². The van der Waals surface area contributed by atoms with E-state index in [0.29, 0.717) is 0 Å². The second-order valence-electron chi connectivity index (χ2n) is 4.39. The molecule has 1 unspecified atom stereocenters. The van der Waals surface area contributed by atoms with Crippen LogP contribution in [0.3, 0.4) is 0 Å². The van der Waals surface area contributed by atoms with Crippen LogP contribution in [0, 0.1) is 5.82 Å². The molecule has 0 aromatic heterocycles.